The Morgan fingerprint density at radius 1 is 1.11 bits per heavy atom. The Morgan fingerprint density at radius 3 is 2.37 bits per heavy atom. The maximum atomic E-state index is 6.17. The molecule has 2 heteroatoms. The summed E-state index contributed by atoms with van der Waals surface area (Å²) in [7, 11) is 0. The maximum Gasteiger partial charge on any atom is 0.137 e. The molecule has 1 aromatic heterocycles. The molecule has 0 spiro atoms. The van der Waals surface area contributed by atoms with Crippen LogP contribution in [0.4, 0.5) is 0 Å². The predicted octanol–water partition coefficient (Wildman–Crippen LogP) is 4.66. The molecule has 1 atom stereocenters. The number of furan rings is 1. The molecule has 0 aliphatic carbocycles. The zero-order chi connectivity index (χ0) is 14.2. The number of hydrogen-bond donors (Lipinski definition) is 1. The Kier molecular flexibility index (Phi) is 4.00. The molecule has 0 radical (unpaired) electrons. The van der Waals surface area contributed by atoms with Crippen LogP contribution in [0.25, 0.3) is 11.0 Å². The summed E-state index contributed by atoms with van der Waals surface area (Å²) in [4.78, 5) is 0. The van der Waals surface area contributed by atoms with Gasteiger partial charge in [0.1, 0.15) is 11.3 Å². The van der Waals surface area contributed by atoms with Crippen molar-refractivity contribution in [2.45, 2.75) is 47.6 Å². The van der Waals surface area contributed by atoms with E-state index in [2.05, 4.69) is 59.0 Å². The predicted molar refractivity (Wildman–Crippen MR) is 81.7 cm³/mol. The molecule has 0 fully saturated rings. The van der Waals surface area contributed by atoms with E-state index >= 15 is 0 Å². The van der Waals surface area contributed by atoms with Crippen LogP contribution in [0.15, 0.2) is 16.5 Å². The van der Waals surface area contributed by atoms with Crippen molar-refractivity contribution in [2.75, 3.05) is 6.54 Å². The Balaban J connectivity index is 2.57. The average Bonchev–Trinajstić information content (AvgIpc) is 2.78. The van der Waals surface area contributed by atoms with Crippen molar-refractivity contribution in [3.05, 3.63) is 34.6 Å². The molecule has 0 aliphatic rings. The molecule has 1 N–H and O–H groups in total. The van der Waals surface area contributed by atoms with Gasteiger partial charge in [-0.25, -0.2) is 0 Å². The molecule has 104 valence electrons. The highest BCUT2D eigenvalue weighted by atomic mass is 16.3. The topological polar surface area (TPSA) is 25.2 Å². The molecule has 0 saturated heterocycles. The van der Waals surface area contributed by atoms with Gasteiger partial charge in [-0.05, 0) is 56.0 Å². The van der Waals surface area contributed by atoms with E-state index in [1.54, 1.807) is 0 Å². The highest BCUT2D eigenvalue weighted by molar-refractivity contribution is 5.85. The van der Waals surface area contributed by atoms with Crippen molar-refractivity contribution in [1.82, 2.24) is 5.32 Å². The first-order chi connectivity index (χ1) is 8.95. The highest BCUT2D eigenvalue weighted by Crippen LogP contribution is 2.33. The minimum atomic E-state index is 0.288. The van der Waals surface area contributed by atoms with Crippen molar-refractivity contribution >= 4 is 11.0 Å². The zero-order valence-corrected chi connectivity index (χ0v) is 12.9. The molecule has 1 heterocycles. The van der Waals surface area contributed by atoms with Gasteiger partial charge in [-0.2, -0.15) is 0 Å². The van der Waals surface area contributed by atoms with Crippen molar-refractivity contribution in [3.8, 4) is 0 Å². The van der Waals surface area contributed by atoms with Crippen LogP contribution in [0.3, 0.4) is 0 Å². The first kappa shape index (κ1) is 14.1. The van der Waals surface area contributed by atoms with Gasteiger partial charge in [0.2, 0.25) is 0 Å². The van der Waals surface area contributed by atoms with Crippen LogP contribution in [-0.2, 0) is 0 Å². The molecular weight excluding hydrogens is 234 g/mol. The van der Waals surface area contributed by atoms with E-state index in [4.69, 9.17) is 4.42 Å². The summed E-state index contributed by atoms with van der Waals surface area (Å²) in [6.07, 6.45) is 0. The van der Waals surface area contributed by atoms with Gasteiger partial charge < -0.3 is 9.73 Å². The number of rotatable bonds is 4. The van der Waals surface area contributed by atoms with Gasteiger partial charge in [-0.15, -0.1) is 0 Å². The third kappa shape index (κ3) is 2.55. The quantitative estimate of drug-likeness (QED) is 0.863. The lowest BCUT2D eigenvalue weighted by molar-refractivity contribution is 0.356. The van der Waals surface area contributed by atoms with E-state index in [9.17, 15) is 0 Å². The van der Waals surface area contributed by atoms with Gasteiger partial charge in [-0.3, -0.25) is 0 Å². The number of benzene rings is 1. The fourth-order valence-electron chi connectivity index (χ4n) is 2.71. The van der Waals surface area contributed by atoms with Crippen LogP contribution < -0.4 is 5.32 Å². The van der Waals surface area contributed by atoms with E-state index in [0.29, 0.717) is 5.92 Å². The molecule has 0 amide bonds. The van der Waals surface area contributed by atoms with Crippen LogP contribution in [0.5, 0.6) is 0 Å². The Bertz CT molecular complexity index is 580. The lowest BCUT2D eigenvalue weighted by Gasteiger charge is -2.19. The second-order valence-corrected chi connectivity index (χ2v) is 5.81. The van der Waals surface area contributed by atoms with E-state index in [0.717, 1.165) is 17.9 Å². The van der Waals surface area contributed by atoms with Gasteiger partial charge in [0, 0.05) is 5.39 Å². The fraction of sp³-hybridized carbons (Fsp3) is 0.529. The first-order valence-electron chi connectivity index (χ1n) is 7.19. The van der Waals surface area contributed by atoms with Crippen molar-refractivity contribution in [1.29, 1.82) is 0 Å². The Morgan fingerprint density at radius 2 is 1.79 bits per heavy atom. The largest absolute Gasteiger partial charge is 0.459 e. The van der Waals surface area contributed by atoms with Crippen LogP contribution in [0.1, 0.15) is 49.3 Å². The summed E-state index contributed by atoms with van der Waals surface area (Å²) in [5, 5.41) is 4.77. The minimum Gasteiger partial charge on any atom is -0.459 e. The lowest BCUT2D eigenvalue weighted by Crippen LogP contribution is -2.24. The van der Waals surface area contributed by atoms with Crippen molar-refractivity contribution in [3.63, 3.8) is 0 Å². The summed E-state index contributed by atoms with van der Waals surface area (Å²) < 4.78 is 6.17. The molecule has 2 nitrogen and oxygen atoms in total. The van der Waals surface area contributed by atoms with Crippen LogP contribution >= 0.6 is 0 Å². The maximum absolute atomic E-state index is 6.17. The summed E-state index contributed by atoms with van der Waals surface area (Å²) >= 11 is 0. The van der Waals surface area contributed by atoms with E-state index < -0.39 is 0 Å². The van der Waals surface area contributed by atoms with Gasteiger partial charge in [0.15, 0.2) is 0 Å². The van der Waals surface area contributed by atoms with E-state index in [-0.39, 0.29) is 6.04 Å². The summed E-state index contributed by atoms with van der Waals surface area (Å²) in [6.45, 7) is 14.0. The molecule has 2 aromatic rings. The monoisotopic (exact) mass is 259 g/mol. The summed E-state index contributed by atoms with van der Waals surface area (Å²) in [6, 6.07) is 4.75. The molecule has 0 bridgehead atoms. The van der Waals surface area contributed by atoms with Crippen LogP contribution in [-0.4, -0.2) is 6.54 Å². The van der Waals surface area contributed by atoms with Gasteiger partial charge in [-0.1, -0.05) is 26.8 Å². The zero-order valence-electron chi connectivity index (χ0n) is 12.9. The molecular formula is C17H25NO. The fourth-order valence-corrected chi connectivity index (χ4v) is 2.71. The Labute approximate surface area is 116 Å². The highest BCUT2D eigenvalue weighted by Gasteiger charge is 2.20. The normalized spacial score (nSPS) is 13.4. The second kappa shape index (κ2) is 5.38. The minimum absolute atomic E-state index is 0.288. The third-order valence-electron chi connectivity index (χ3n) is 3.94. The molecule has 1 aromatic carbocycles. The smallest absolute Gasteiger partial charge is 0.137 e. The average molecular weight is 259 g/mol. The van der Waals surface area contributed by atoms with Crippen molar-refractivity contribution < 1.29 is 4.42 Å². The molecule has 0 saturated carbocycles. The van der Waals surface area contributed by atoms with Gasteiger partial charge in [0.05, 0.1) is 6.04 Å². The number of hydrogen-bond acceptors (Lipinski definition) is 2. The lowest BCUT2D eigenvalue weighted by atomic mass is 9.99. The molecule has 1 unspecified atom stereocenters. The summed E-state index contributed by atoms with van der Waals surface area (Å²) in [5.74, 6) is 1.57. The van der Waals surface area contributed by atoms with Crippen LogP contribution in [0.2, 0.25) is 0 Å². The third-order valence-corrected chi connectivity index (χ3v) is 3.94. The van der Waals surface area contributed by atoms with Gasteiger partial charge >= 0.3 is 0 Å². The Hall–Kier alpha value is -1.28. The number of fused-ring (bicyclic) bond motifs is 1. The number of nitrogens with one attached hydrogen (secondary N) is 1. The standard InChI is InChI=1S/C17H25NO/c1-7-18-16(10(2)3)15-9-14-12(5)8-11(4)13(6)17(14)19-15/h8-10,16,18H,7H2,1-6H3. The molecule has 0 aliphatic heterocycles. The number of aryl methyl sites for hydroxylation is 3. The molecule has 2 rings (SSSR count). The van der Waals surface area contributed by atoms with Gasteiger partial charge in [0.25, 0.3) is 0 Å². The first-order valence-corrected chi connectivity index (χ1v) is 7.19. The second-order valence-electron chi connectivity index (χ2n) is 5.81. The van der Waals surface area contributed by atoms with Crippen molar-refractivity contribution in [2.24, 2.45) is 5.92 Å². The SMILES string of the molecule is CCNC(c1cc2c(C)cc(C)c(C)c2o1)C(C)C. The van der Waals surface area contributed by atoms with E-state index in [1.807, 2.05) is 0 Å². The molecule has 19 heavy (non-hydrogen) atoms. The van der Waals surface area contributed by atoms with E-state index in [1.165, 1.54) is 22.1 Å². The summed E-state index contributed by atoms with van der Waals surface area (Å²) in [5.41, 5.74) is 4.91. The van der Waals surface area contributed by atoms with Crippen LogP contribution in [0, 0.1) is 26.7 Å².